The summed E-state index contributed by atoms with van der Waals surface area (Å²) in [6.07, 6.45) is 51.5. The number of aliphatic hydroxyl groups is 1. The molecular weight excluding hydrogens is 713 g/mol. The van der Waals surface area contributed by atoms with Crippen LogP contribution in [-0.4, -0.2) is 54.5 Å². The average molecular weight is 790 g/mol. The zero-order valence-electron chi connectivity index (χ0n) is 34.2. The van der Waals surface area contributed by atoms with E-state index in [0.717, 1.165) is 38.5 Å². The van der Waals surface area contributed by atoms with E-state index in [9.17, 15) is 19.4 Å². The molecule has 0 aliphatic carbocycles. The predicted molar refractivity (Wildman–Crippen MR) is 229 cm³/mol. The van der Waals surface area contributed by atoms with Gasteiger partial charge in [0.2, 0.25) is 0 Å². The van der Waals surface area contributed by atoms with Crippen LogP contribution in [0.15, 0.2) is 97.4 Å². The van der Waals surface area contributed by atoms with Gasteiger partial charge < -0.3 is 25.2 Å². The Kier molecular flexibility index (Phi) is 38.8. The molecule has 0 fully saturated rings. The molecule has 4 N–H and O–H groups in total. The lowest BCUT2D eigenvalue weighted by Gasteiger charge is -2.19. The average Bonchev–Trinajstić information content (AvgIpc) is 3.17. The summed E-state index contributed by atoms with van der Waals surface area (Å²) in [4.78, 5) is 22.4. The zero-order valence-corrected chi connectivity index (χ0v) is 35.1. The fourth-order valence-corrected chi connectivity index (χ4v) is 5.88. The molecular formula is C45H76NO8P. The van der Waals surface area contributed by atoms with Gasteiger partial charge in [-0.3, -0.25) is 13.8 Å². The molecule has 0 rings (SSSR count). The van der Waals surface area contributed by atoms with Crippen LogP contribution in [0.5, 0.6) is 0 Å². The Balaban J connectivity index is 4.35. The first-order valence-corrected chi connectivity index (χ1v) is 22.4. The number of hydrogen-bond donors (Lipinski definition) is 3. The highest BCUT2D eigenvalue weighted by atomic mass is 31.2. The maximum absolute atomic E-state index is 12.5. The molecule has 0 heterocycles. The molecule has 0 aromatic heterocycles. The molecule has 0 aromatic rings. The molecule has 0 saturated carbocycles. The summed E-state index contributed by atoms with van der Waals surface area (Å²) in [6, 6.07) is 0. The number of nitrogens with two attached hydrogens (primary N) is 1. The van der Waals surface area contributed by atoms with Crippen molar-refractivity contribution in [1.82, 2.24) is 0 Å². The van der Waals surface area contributed by atoms with Gasteiger partial charge in [-0.15, -0.1) is 0 Å². The lowest BCUT2D eigenvalue weighted by atomic mass is 10.1. The number of unbranched alkanes of at least 4 members (excludes halogenated alkanes) is 11. The molecule has 0 aliphatic heterocycles. The van der Waals surface area contributed by atoms with Crippen molar-refractivity contribution < 1.29 is 37.9 Å². The monoisotopic (exact) mass is 790 g/mol. The van der Waals surface area contributed by atoms with E-state index < -0.39 is 26.0 Å². The van der Waals surface area contributed by atoms with Crippen LogP contribution in [0.2, 0.25) is 0 Å². The van der Waals surface area contributed by atoms with Crippen molar-refractivity contribution in [3.63, 3.8) is 0 Å². The first-order chi connectivity index (χ1) is 26.8. The second-order valence-corrected chi connectivity index (χ2v) is 14.8. The molecule has 0 aliphatic rings. The van der Waals surface area contributed by atoms with Gasteiger partial charge in [-0.05, 0) is 63.9 Å². The van der Waals surface area contributed by atoms with E-state index in [-0.39, 0.29) is 32.8 Å². The predicted octanol–water partition coefficient (Wildman–Crippen LogP) is 11.6. The Morgan fingerprint density at radius 2 is 1.25 bits per heavy atom. The van der Waals surface area contributed by atoms with Gasteiger partial charge in [0, 0.05) is 13.0 Å². The van der Waals surface area contributed by atoms with Gasteiger partial charge >= 0.3 is 13.8 Å². The van der Waals surface area contributed by atoms with Gasteiger partial charge in [0.25, 0.3) is 0 Å². The molecule has 55 heavy (non-hydrogen) atoms. The minimum atomic E-state index is -4.33. The van der Waals surface area contributed by atoms with Crippen molar-refractivity contribution in [2.45, 2.75) is 154 Å². The van der Waals surface area contributed by atoms with Gasteiger partial charge in [-0.25, -0.2) is 4.57 Å². The number of aliphatic hydroxyl groups excluding tert-OH is 1. The fourth-order valence-electron chi connectivity index (χ4n) is 5.12. The standard InChI is InChI=1S/C45H76NO8P/c1-3-5-7-8-9-10-11-12-13-14-18-21-24-27-30-34-39-51-41-44(42-53-55(49,50)52-40-38-46)54-45(48)37-33-29-26-23-20-17-15-16-19-22-25-28-32-36-43(47)35-31-6-4-2/h6,16-17,19-20,24-29,31-32,34,36,39,43-44,47H,3-5,7-15,18,21-23,30,33,35,37-38,40-42,46H2,1-2H3,(H,49,50). The van der Waals surface area contributed by atoms with Crippen LogP contribution >= 0.6 is 7.82 Å². The van der Waals surface area contributed by atoms with E-state index in [1.807, 2.05) is 42.5 Å². The minimum Gasteiger partial charge on any atom is -0.498 e. The topological polar surface area (TPSA) is 138 Å². The highest BCUT2D eigenvalue weighted by molar-refractivity contribution is 7.47. The number of rotatable bonds is 38. The number of carbonyl (C=O) groups is 1. The summed E-state index contributed by atoms with van der Waals surface area (Å²) < 4.78 is 33.0. The van der Waals surface area contributed by atoms with Gasteiger partial charge in [-0.1, -0.05) is 163 Å². The van der Waals surface area contributed by atoms with Crippen molar-refractivity contribution in [3.8, 4) is 0 Å². The van der Waals surface area contributed by atoms with E-state index in [4.69, 9.17) is 24.3 Å². The van der Waals surface area contributed by atoms with Gasteiger partial charge in [-0.2, -0.15) is 0 Å². The van der Waals surface area contributed by atoms with Gasteiger partial charge in [0.1, 0.15) is 6.61 Å². The highest BCUT2D eigenvalue weighted by Crippen LogP contribution is 2.43. The Morgan fingerprint density at radius 1 is 0.673 bits per heavy atom. The van der Waals surface area contributed by atoms with Crippen LogP contribution in [0.3, 0.4) is 0 Å². The number of phosphoric acid groups is 1. The van der Waals surface area contributed by atoms with E-state index in [2.05, 4.69) is 56.4 Å². The molecule has 3 atom stereocenters. The number of esters is 1. The zero-order chi connectivity index (χ0) is 40.3. The molecule has 3 unspecified atom stereocenters. The highest BCUT2D eigenvalue weighted by Gasteiger charge is 2.25. The maximum atomic E-state index is 12.5. The SMILES string of the molecule is CCC=CCC(O)C=CC=CCC=CCC=CCC=CCCC(=O)OC(COC=CCC=CCCCCCCCCCCCCC)COP(=O)(O)OCCN. The smallest absolute Gasteiger partial charge is 0.472 e. The Hall–Kier alpha value is -2.78. The Labute approximate surface area is 334 Å². The lowest BCUT2D eigenvalue weighted by Crippen LogP contribution is -2.27. The molecule has 314 valence electrons. The molecule has 10 heteroatoms. The van der Waals surface area contributed by atoms with Crippen LogP contribution in [0.4, 0.5) is 0 Å². The lowest BCUT2D eigenvalue weighted by molar-refractivity contribution is -0.153. The normalized spacial score (nSPS) is 15.0. The third kappa shape index (κ3) is 40.7. The van der Waals surface area contributed by atoms with Crippen molar-refractivity contribution in [3.05, 3.63) is 97.4 Å². The molecule has 0 spiro atoms. The maximum Gasteiger partial charge on any atom is 0.472 e. The quantitative estimate of drug-likeness (QED) is 0.0139. The van der Waals surface area contributed by atoms with Crippen LogP contribution in [0.25, 0.3) is 0 Å². The number of phosphoric ester groups is 1. The van der Waals surface area contributed by atoms with E-state index >= 15 is 0 Å². The van der Waals surface area contributed by atoms with E-state index in [1.54, 1.807) is 12.3 Å². The first-order valence-electron chi connectivity index (χ1n) is 20.9. The number of hydrogen-bond acceptors (Lipinski definition) is 8. The van der Waals surface area contributed by atoms with E-state index in [1.165, 1.54) is 70.6 Å². The number of ether oxygens (including phenoxy) is 2. The summed E-state index contributed by atoms with van der Waals surface area (Å²) in [5, 5.41) is 9.83. The molecule has 0 bridgehead atoms. The summed E-state index contributed by atoms with van der Waals surface area (Å²) >= 11 is 0. The second kappa shape index (κ2) is 40.9. The Morgan fingerprint density at radius 3 is 1.89 bits per heavy atom. The van der Waals surface area contributed by atoms with Crippen molar-refractivity contribution in [2.24, 2.45) is 5.73 Å². The van der Waals surface area contributed by atoms with Crippen LogP contribution in [0, 0.1) is 0 Å². The third-order valence-corrected chi connectivity index (χ3v) is 9.16. The van der Waals surface area contributed by atoms with E-state index in [0.29, 0.717) is 12.8 Å². The van der Waals surface area contributed by atoms with Gasteiger partial charge in [0.05, 0.1) is 25.6 Å². The summed E-state index contributed by atoms with van der Waals surface area (Å²) in [7, 11) is -4.33. The third-order valence-electron chi connectivity index (χ3n) is 8.17. The summed E-state index contributed by atoms with van der Waals surface area (Å²) in [5.74, 6) is -0.461. The summed E-state index contributed by atoms with van der Waals surface area (Å²) in [5.41, 5.74) is 5.35. The van der Waals surface area contributed by atoms with Crippen molar-refractivity contribution in [2.75, 3.05) is 26.4 Å². The number of allylic oxidation sites excluding steroid dienone is 13. The molecule has 9 nitrogen and oxygen atoms in total. The van der Waals surface area contributed by atoms with Crippen LogP contribution in [0.1, 0.15) is 142 Å². The molecule has 0 saturated heterocycles. The number of carbonyl (C=O) groups excluding carboxylic acids is 1. The van der Waals surface area contributed by atoms with Crippen LogP contribution in [-0.2, 0) is 27.9 Å². The first kappa shape index (κ1) is 52.2. The van der Waals surface area contributed by atoms with Crippen molar-refractivity contribution in [1.29, 1.82) is 0 Å². The van der Waals surface area contributed by atoms with Crippen LogP contribution < -0.4 is 5.73 Å². The molecule has 0 radical (unpaired) electrons. The molecule has 0 amide bonds. The summed E-state index contributed by atoms with van der Waals surface area (Å²) in [6.45, 7) is 3.86. The second-order valence-electron chi connectivity index (χ2n) is 13.4. The minimum absolute atomic E-state index is 0.0364. The fraction of sp³-hybridized carbons (Fsp3) is 0.622. The van der Waals surface area contributed by atoms with Gasteiger partial charge in [0.15, 0.2) is 6.10 Å². The largest absolute Gasteiger partial charge is 0.498 e. The van der Waals surface area contributed by atoms with Crippen molar-refractivity contribution >= 4 is 13.8 Å². The molecule has 0 aromatic carbocycles. The Bertz CT molecular complexity index is 1170.